The van der Waals surface area contributed by atoms with Crippen molar-refractivity contribution in [1.29, 1.82) is 0 Å². The van der Waals surface area contributed by atoms with Gasteiger partial charge in [0.05, 0.1) is 25.3 Å². The van der Waals surface area contributed by atoms with Crippen LogP contribution in [0, 0.1) is 0 Å². The second-order valence-corrected chi connectivity index (χ2v) is 13.1. The Labute approximate surface area is 269 Å². The zero-order valence-corrected chi connectivity index (χ0v) is 26.9. The Bertz CT molecular complexity index is 1780. The molecule has 1 aromatic carbocycles. The largest absolute Gasteiger partial charge is 0.486 e. The normalized spacial score (nSPS) is 19.1. The lowest BCUT2D eigenvalue weighted by Crippen LogP contribution is -2.76. The number of aryl methyl sites for hydroxylation is 2. The monoisotopic (exact) mass is 675 g/mol. The van der Waals surface area contributed by atoms with E-state index in [1.54, 1.807) is 0 Å². The number of benzene rings is 1. The number of β-lactam (4-membered cyclic amide) rings is 1. The van der Waals surface area contributed by atoms with E-state index in [1.165, 1.54) is 19.2 Å². The average molecular weight is 676 g/mol. The Balaban J connectivity index is 1.23. The summed E-state index contributed by atoms with van der Waals surface area (Å²) in [5.41, 5.74) is 13.1. The first kappa shape index (κ1) is 33.0. The van der Waals surface area contributed by atoms with E-state index in [0.717, 1.165) is 46.0 Å². The van der Waals surface area contributed by atoms with Crippen molar-refractivity contribution in [2.45, 2.75) is 44.4 Å². The number of hydroxylamine groups is 2. The predicted octanol–water partition coefficient (Wildman–Crippen LogP) is 0.542. The third kappa shape index (κ3) is 7.20. The van der Waals surface area contributed by atoms with Crippen LogP contribution in [0.15, 0.2) is 47.1 Å². The molecular formula is C28H35N8O8S2+. The van der Waals surface area contributed by atoms with E-state index >= 15 is 0 Å². The van der Waals surface area contributed by atoms with Crippen LogP contribution in [0.2, 0.25) is 0 Å². The Hall–Kier alpha value is -4.36. The van der Waals surface area contributed by atoms with Gasteiger partial charge in [0, 0.05) is 23.6 Å². The lowest BCUT2D eigenvalue weighted by Gasteiger charge is -2.50. The second-order valence-electron chi connectivity index (χ2n) is 11.2. The molecule has 2 aliphatic rings. The van der Waals surface area contributed by atoms with E-state index in [1.807, 2.05) is 42.1 Å². The van der Waals surface area contributed by atoms with Crippen molar-refractivity contribution in [2.75, 3.05) is 30.7 Å². The summed E-state index contributed by atoms with van der Waals surface area (Å²) < 4.78 is 43.7. The molecule has 2 amide bonds. The number of pyridine rings is 1. The first-order chi connectivity index (χ1) is 21.8. The average Bonchev–Trinajstić information content (AvgIpc) is 3.44. The number of hydrogen-bond acceptors (Lipinski definition) is 13. The molecule has 0 saturated carbocycles. The van der Waals surface area contributed by atoms with Gasteiger partial charge in [-0.3, -0.25) is 19.5 Å². The van der Waals surface area contributed by atoms with E-state index in [4.69, 9.17) is 25.6 Å². The van der Waals surface area contributed by atoms with Crippen LogP contribution >= 0.6 is 11.3 Å². The molecule has 3 aromatic rings. The maximum Gasteiger partial charge on any atom is 0.418 e. The summed E-state index contributed by atoms with van der Waals surface area (Å²) in [7, 11) is -2.98. The number of carbonyl (C=O) groups is 2. The Morgan fingerprint density at radius 2 is 2.07 bits per heavy atom. The standard InChI is InChI=1S/C28H34N8O8S2/c1-28(2)24(26(38)36(28)44-46(39,40)41)33-25(37)23(20-15-45-27(30)32-20)34-42-14-19-7-4-17-12-16(5-8-21(17)43-19)18-6-9-22(31-11-10-29)35(3)13-18/h5-6,8-9,12-13,15,19,24H,4,7,10-11,14,29H2,1-3H3,(H4,30,32,33,37,39,40,41)/p+1/b34-23-/t19-,24+/m1/s1. The van der Waals surface area contributed by atoms with Crippen LogP contribution in [0.3, 0.4) is 0 Å². The van der Waals surface area contributed by atoms with E-state index in [0.29, 0.717) is 24.6 Å². The molecule has 0 aliphatic carbocycles. The highest BCUT2D eigenvalue weighted by Crippen LogP contribution is 2.34. The van der Waals surface area contributed by atoms with Gasteiger partial charge in [0.15, 0.2) is 17.5 Å². The molecule has 46 heavy (non-hydrogen) atoms. The molecule has 1 fully saturated rings. The minimum atomic E-state index is -4.95. The SMILES string of the molecule is C[n+]1cc(-c2ccc3c(c2)CC[C@H](CO/N=C(\C(=O)N[C@H]2C(=O)N(OS(=O)(=O)O)C2(C)C)c2csc(N)n2)O3)ccc1NCCN. The van der Waals surface area contributed by atoms with Gasteiger partial charge in [0.1, 0.15) is 23.6 Å². The van der Waals surface area contributed by atoms with Crippen LogP contribution < -0.4 is 31.4 Å². The van der Waals surface area contributed by atoms with Gasteiger partial charge in [-0.2, -0.15) is 13.5 Å². The summed E-state index contributed by atoms with van der Waals surface area (Å²) in [6.45, 7) is 4.14. The summed E-state index contributed by atoms with van der Waals surface area (Å²) in [4.78, 5) is 35.4. The van der Waals surface area contributed by atoms with Crippen molar-refractivity contribution in [3.63, 3.8) is 0 Å². The zero-order chi connectivity index (χ0) is 33.2. The fourth-order valence-electron chi connectivity index (χ4n) is 5.11. The number of anilines is 2. The Morgan fingerprint density at radius 3 is 2.72 bits per heavy atom. The molecule has 2 atom stereocenters. The summed E-state index contributed by atoms with van der Waals surface area (Å²) in [5, 5.41) is 11.9. The third-order valence-electron chi connectivity index (χ3n) is 7.52. The highest BCUT2D eigenvalue weighted by atomic mass is 32.3. The fraction of sp³-hybridized carbons (Fsp3) is 0.393. The van der Waals surface area contributed by atoms with E-state index in [2.05, 4.69) is 31.1 Å². The predicted molar refractivity (Wildman–Crippen MR) is 168 cm³/mol. The van der Waals surface area contributed by atoms with Crippen molar-refractivity contribution in [2.24, 2.45) is 17.9 Å². The van der Waals surface area contributed by atoms with Gasteiger partial charge in [0.2, 0.25) is 0 Å². The maximum absolute atomic E-state index is 13.2. The number of rotatable bonds is 12. The number of amides is 2. The smallest absolute Gasteiger partial charge is 0.418 e. The van der Waals surface area contributed by atoms with Gasteiger partial charge in [-0.15, -0.1) is 15.6 Å². The molecule has 0 bridgehead atoms. The van der Waals surface area contributed by atoms with Gasteiger partial charge in [-0.1, -0.05) is 11.2 Å². The number of hydrogen-bond donors (Lipinski definition) is 5. The van der Waals surface area contributed by atoms with Gasteiger partial charge in [0.25, 0.3) is 17.6 Å². The fourth-order valence-corrected chi connectivity index (χ4v) is 6.11. The Morgan fingerprint density at radius 1 is 1.30 bits per heavy atom. The number of nitrogens with two attached hydrogens (primary N) is 2. The van der Waals surface area contributed by atoms with Crippen molar-refractivity contribution in [3.8, 4) is 16.9 Å². The molecule has 4 heterocycles. The number of carbonyl (C=O) groups excluding carboxylic acids is 2. The summed E-state index contributed by atoms with van der Waals surface area (Å²) >= 11 is 1.08. The number of nitrogens with one attached hydrogen (secondary N) is 2. The van der Waals surface area contributed by atoms with Crippen LogP contribution in [-0.4, -0.2) is 77.9 Å². The van der Waals surface area contributed by atoms with Crippen LogP contribution in [0.5, 0.6) is 5.75 Å². The van der Waals surface area contributed by atoms with Gasteiger partial charge < -0.3 is 26.4 Å². The first-order valence-electron chi connectivity index (χ1n) is 14.2. The topological polar surface area (TPSA) is 225 Å². The van der Waals surface area contributed by atoms with Gasteiger partial charge >= 0.3 is 10.4 Å². The van der Waals surface area contributed by atoms with Gasteiger partial charge in [-0.25, -0.2) is 9.55 Å². The molecule has 16 nitrogen and oxygen atoms in total. The number of aromatic nitrogens is 2. The van der Waals surface area contributed by atoms with Crippen molar-refractivity contribution in [1.82, 2.24) is 15.4 Å². The number of fused-ring (bicyclic) bond motifs is 1. The molecule has 18 heteroatoms. The van der Waals surface area contributed by atoms with E-state index in [9.17, 15) is 18.0 Å². The Kier molecular flexibility index (Phi) is 9.45. The number of nitrogen functional groups attached to an aromatic ring is 1. The van der Waals surface area contributed by atoms with Crippen molar-refractivity contribution < 1.29 is 41.0 Å². The molecular weight excluding hydrogens is 640 g/mol. The van der Waals surface area contributed by atoms with E-state index < -0.39 is 33.8 Å². The molecule has 246 valence electrons. The van der Waals surface area contributed by atoms with E-state index in [-0.39, 0.29) is 29.2 Å². The highest BCUT2D eigenvalue weighted by molar-refractivity contribution is 7.80. The highest BCUT2D eigenvalue weighted by Gasteiger charge is 2.58. The summed E-state index contributed by atoms with van der Waals surface area (Å²) in [6, 6.07) is 8.88. The maximum atomic E-state index is 13.2. The number of thiazole rings is 1. The van der Waals surface area contributed by atoms with Crippen LogP contribution in [0.25, 0.3) is 11.1 Å². The molecule has 7 N–H and O–H groups in total. The second kappa shape index (κ2) is 13.2. The van der Waals surface area contributed by atoms with Crippen LogP contribution in [0.4, 0.5) is 10.9 Å². The third-order valence-corrected chi connectivity index (χ3v) is 8.54. The number of oxime groups is 1. The minimum absolute atomic E-state index is 0.0223. The van der Waals surface area contributed by atoms with Crippen LogP contribution in [0.1, 0.15) is 31.5 Å². The molecule has 1 saturated heterocycles. The summed E-state index contributed by atoms with van der Waals surface area (Å²) in [6.07, 6.45) is 3.07. The van der Waals surface area contributed by atoms with Crippen LogP contribution in [-0.2, 0) is 42.6 Å². The number of nitrogens with zero attached hydrogens (tertiary/aromatic N) is 4. The lowest BCUT2D eigenvalue weighted by molar-refractivity contribution is -0.656. The molecule has 5 rings (SSSR count). The zero-order valence-electron chi connectivity index (χ0n) is 25.3. The van der Waals surface area contributed by atoms with Gasteiger partial charge in [-0.05, 0) is 56.0 Å². The molecule has 0 unspecified atom stereocenters. The lowest BCUT2D eigenvalue weighted by atomic mass is 9.84. The quantitative estimate of drug-likeness (QED) is 0.0583. The molecule has 2 aromatic heterocycles. The molecule has 2 aliphatic heterocycles. The number of ether oxygens (including phenoxy) is 1. The first-order valence-corrected chi connectivity index (χ1v) is 16.5. The minimum Gasteiger partial charge on any atom is -0.486 e. The summed E-state index contributed by atoms with van der Waals surface area (Å²) in [5.74, 6) is -0.0119. The molecule has 0 spiro atoms. The molecule has 0 radical (unpaired) electrons. The van der Waals surface area contributed by atoms with Crippen molar-refractivity contribution in [3.05, 3.63) is 53.2 Å². The van der Waals surface area contributed by atoms with Crippen molar-refractivity contribution >= 4 is 50.2 Å².